The Labute approximate surface area is 115 Å². The van der Waals surface area contributed by atoms with Gasteiger partial charge >= 0.3 is 0 Å². The molecule has 1 aromatic rings. The van der Waals surface area contributed by atoms with E-state index in [2.05, 4.69) is 23.1 Å². The highest BCUT2D eigenvalue weighted by Gasteiger charge is 2.12. The largest absolute Gasteiger partial charge is 0.388 e. The predicted octanol–water partition coefficient (Wildman–Crippen LogP) is 2.91. The molecule has 104 valence electrons. The van der Waals surface area contributed by atoms with Gasteiger partial charge < -0.3 is 14.7 Å². The van der Waals surface area contributed by atoms with E-state index < -0.39 is 0 Å². The Balaban J connectivity index is 2.00. The molecule has 0 radical (unpaired) electrons. The van der Waals surface area contributed by atoms with Crippen molar-refractivity contribution in [1.29, 1.82) is 0 Å². The Morgan fingerprint density at radius 3 is 2.58 bits per heavy atom. The zero-order valence-electron chi connectivity index (χ0n) is 11.8. The second-order valence-electron chi connectivity index (χ2n) is 5.01. The average Bonchev–Trinajstić information content (AvgIpc) is 2.48. The Hall–Kier alpha value is -1.32. The predicted molar refractivity (Wildman–Crippen MR) is 78.5 cm³/mol. The summed E-state index contributed by atoms with van der Waals surface area (Å²) in [6.07, 6.45) is 3.73. The molecule has 0 saturated carbocycles. The lowest BCUT2D eigenvalue weighted by Gasteiger charge is -2.28. The third-order valence-electron chi connectivity index (χ3n) is 3.66. The lowest BCUT2D eigenvalue weighted by Crippen LogP contribution is -2.29. The molecular weight excluding hydrogens is 238 g/mol. The number of rotatable bonds is 5. The van der Waals surface area contributed by atoms with Crippen molar-refractivity contribution < 1.29 is 9.84 Å². The van der Waals surface area contributed by atoms with Crippen molar-refractivity contribution in [1.82, 2.24) is 0 Å². The minimum absolute atomic E-state index is 0.344. The van der Waals surface area contributed by atoms with Crippen molar-refractivity contribution in [3.05, 3.63) is 41.5 Å². The summed E-state index contributed by atoms with van der Waals surface area (Å²) in [5, 5.41) is 9.79. The maximum atomic E-state index is 9.79. The molecule has 19 heavy (non-hydrogen) atoms. The number of aliphatic hydroxyl groups is 1. The number of methoxy groups -OCH3 is 1. The molecule has 0 aliphatic carbocycles. The number of ether oxygens (including phenoxy) is 1. The topological polar surface area (TPSA) is 32.7 Å². The summed E-state index contributed by atoms with van der Waals surface area (Å²) in [7, 11) is 1.74. The molecule has 0 spiro atoms. The van der Waals surface area contributed by atoms with E-state index in [9.17, 15) is 5.11 Å². The van der Waals surface area contributed by atoms with Gasteiger partial charge in [0, 0.05) is 25.9 Å². The van der Waals surface area contributed by atoms with Gasteiger partial charge in [-0.25, -0.2) is 0 Å². The van der Waals surface area contributed by atoms with Gasteiger partial charge in [-0.3, -0.25) is 0 Å². The molecule has 0 fully saturated rings. The van der Waals surface area contributed by atoms with Gasteiger partial charge in [-0.1, -0.05) is 25.1 Å². The van der Waals surface area contributed by atoms with Crippen LogP contribution in [-0.2, 0) is 4.74 Å². The van der Waals surface area contributed by atoms with Gasteiger partial charge in [0.05, 0.1) is 12.7 Å². The molecule has 1 aliphatic rings. The Kier molecular flexibility index (Phi) is 5.00. The van der Waals surface area contributed by atoms with Crippen LogP contribution in [-0.4, -0.2) is 31.9 Å². The summed E-state index contributed by atoms with van der Waals surface area (Å²) >= 11 is 0. The number of nitrogens with zero attached hydrogens (tertiary/aromatic N) is 1. The fourth-order valence-corrected chi connectivity index (χ4v) is 2.41. The van der Waals surface area contributed by atoms with Crippen LogP contribution in [0.15, 0.2) is 35.9 Å². The zero-order valence-corrected chi connectivity index (χ0v) is 11.8. The molecule has 2 rings (SSSR count). The Morgan fingerprint density at radius 1 is 1.32 bits per heavy atom. The lowest BCUT2D eigenvalue weighted by atomic mass is 10.1. The Morgan fingerprint density at radius 2 is 2.05 bits per heavy atom. The smallest absolute Gasteiger partial charge is 0.0787 e. The third-order valence-corrected chi connectivity index (χ3v) is 3.66. The number of benzene rings is 1. The van der Waals surface area contributed by atoms with Crippen molar-refractivity contribution in [2.45, 2.75) is 25.9 Å². The maximum Gasteiger partial charge on any atom is 0.0787 e. The van der Waals surface area contributed by atoms with Gasteiger partial charge in [-0.2, -0.15) is 0 Å². The summed E-state index contributed by atoms with van der Waals surface area (Å²) in [4.78, 5) is 2.35. The summed E-state index contributed by atoms with van der Waals surface area (Å²) < 4.78 is 5.16. The van der Waals surface area contributed by atoms with Crippen LogP contribution in [0.5, 0.6) is 0 Å². The van der Waals surface area contributed by atoms with Crippen molar-refractivity contribution in [3.8, 4) is 0 Å². The summed E-state index contributed by atoms with van der Waals surface area (Å²) in [5.74, 6) is 0. The third kappa shape index (κ3) is 3.58. The van der Waals surface area contributed by atoms with Crippen LogP contribution in [0, 0.1) is 0 Å². The van der Waals surface area contributed by atoms with Crippen LogP contribution >= 0.6 is 0 Å². The standard InChI is InChI=1S/C16H23NO2/c1-3-16(18)14-4-6-15(7-5-14)17-10-8-13(9-11-17)12-19-2/h4-8,16,18H,3,9-12H2,1-2H3/t16-/m1/s1. The van der Waals surface area contributed by atoms with Gasteiger partial charge in [0.2, 0.25) is 0 Å². The number of anilines is 1. The van der Waals surface area contributed by atoms with Crippen LogP contribution in [0.25, 0.3) is 0 Å². The van der Waals surface area contributed by atoms with E-state index in [0.29, 0.717) is 0 Å². The molecule has 1 aliphatic heterocycles. The number of aliphatic hydroxyl groups excluding tert-OH is 1. The van der Waals surface area contributed by atoms with Crippen LogP contribution in [0.3, 0.4) is 0 Å². The second-order valence-corrected chi connectivity index (χ2v) is 5.01. The molecule has 0 bridgehead atoms. The molecule has 3 nitrogen and oxygen atoms in total. The summed E-state index contributed by atoms with van der Waals surface area (Å²) in [5.41, 5.74) is 3.61. The van der Waals surface area contributed by atoms with Gasteiger partial charge in [0.1, 0.15) is 0 Å². The van der Waals surface area contributed by atoms with E-state index in [1.807, 2.05) is 19.1 Å². The molecule has 3 heteroatoms. The molecule has 1 aromatic carbocycles. The van der Waals surface area contributed by atoms with E-state index in [-0.39, 0.29) is 6.10 Å². The van der Waals surface area contributed by atoms with Crippen LogP contribution in [0.2, 0.25) is 0 Å². The molecular formula is C16H23NO2. The number of hydrogen-bond donors (Lipinski definition) is 1. The molecule has 1 atom stereocenters. The van der Waals surface area contributed by atoms with Gasteiger partial charge in [0.25, 0.3) is 0 Å². The number of hydrogen-bond acceptors (Lipinski definition) is 3. The first-order valence-electron chi connectivity index (χ1n) is 6.94. The average molecular weight is 261 g/mol. The van der Waals surface area contributed by atoms with Crippen molar-refractivity contribution >= 4 is 5.69 Å². The summed E-state index contributed by atoms with van der Waals surface area (Å²) in [6, 6.07) is 8.25. The fraction of sp³-hybridized carbons (Fsp3) is 0.500. The molecule has 0 unspecified atom stereocenters. The molecule has 1 heterocycles. The van der Waals surface area contributed by atoms with Crippen molar-refractivity contribution in [2.24, 2.45) is 0 Å². The van der Waals surface area contributed by atoms with Crippen molar-refractivity contribution in [2.75, 3.05) is 31.7 Å². The first kappa shape index (κ1) is 14.1. The highest BCUT2D eigenvalue weighted by atomic mass is 16.5. The fourth-order valence-electron chi connectivity index (χ4n) is 2.41. The van der Waals surface area contributed by atoms with E-state index in [0.717, 1.165) is 38.1 Å². The van der Waals surface area contributed by atoms with E-state index in [4.69, 9.17) is 4.74 Å². The van der Waals surface area contributed by atoms with E-state index >= 15 is 0 Å². The second kappa shape index (κ2) is 6.73. The lowest BCUT2D eigenvalue weighted by molar-refractivity contribution is 0.173. The quantitative estimate of drug-likeness (QED) is 0.827. The van der Waals surface area contributed by atoms with E-state index in [1.165, 1.54) is 11.3 Å². The van der Waals surface area contributed by atoms with Crippen LogP contribution < -0.4 is 4.90 Å². The van der Waals surface area contributed by atoms with Gasteiger partial charge in [-0.05, 0) is 36.1 Å². The minimum Gasteiger partial charge on any atom is -0.388 e. The Bertz CT molecular complexity index is 425. The monoisotopic (exact) mass is 261 g/mol. The van der Waals surface area contributed by atoms with Crippen LogP contribution in [0.1, 0.15) is 31.4 Å². The SMILES string of the molecule is CC[C@@H](O)c1ccc(N2CC=C(COC)CC2)cc1. The zero-order chi connectivity index (χ0) is 13.7. The molecule has 0 aromatic heterocycles. The highest BCUT2D eigenvalue weighted by molar-refractivity contribution is 5.49. The molecule has 0 amide bonds. The van der Waals surface area contributed by atoms with Crippen molar-refractivity contribution in [3.63, 3.8) is 0 Å². The molecule has 1 N–H and O–H groups in total. The van der Waals surface area contributed by atoms with Gasteiger partial charge in [-0.15, -0.1) is 0 Å². The van der Waals surface area contributed by atoms with Gasteiger partial charge in [0.15, 0.2) is 0 Å². The minimum atomic E-state index is -0.344. The molecule has 0 saturated heterocycles. The first-order valence-corrected chi connectivity index (χ1v) is 6.94. The summed E-state index contributed by atoms with van der Waals surface area (Å²) in [6.45, 7) is 4.71. The van der Waals surface area contributed by atoms with E-state index in [1.54, 1.807) is 7.11 Å². The van der Waals surface area contributed by atoms with Crippen LogP contribution in [0.4, 0.5) is 5.69 Å². The first-order chi connectivity index (χ1) is 9.24. The maximum absolute atomic E-state index is 9.79. The normalized spacial score (nSPS) is 17.2. The highest BCUT2D eigenvalue weighted by Crippen LogP contribution is 2.23.